The minimum absolute atomic E-state index is 0.0957. The van der Waals surface area contributed by atoms with Crippen LogP contribution in [0.25, 0.3) is 0 Å². The Morgan fingerprint density at radius 1 is 0.909 bits per heavy atom. The third kappa shape index (κ3) is 7.39. The number of ketones is 1. The summed E-state index contributed by atoms with van der Waals surface area (Å²) >= 11 is 0. The molecule has 0 aliphatic rings. The van der Waals surface area contributed by atoms with Crippen LogP contribution in [0.2, 0.25) is 0 Å². The van der Waals surface area contributed by atoms with Gasteiger partial charge in [-0.15, -0.1) is 0 Å². The number of carbonyl (C=O) groups is 2. The summed E-state index contributed by atoms with van der Waals surface area (Å²) < 4.78 is 4.57. The molecule has 1 aromatic carbocycles. The summed E-state index contributed by atoms with van der Waals surface area (Å²) in [4.78, 5) is 23.0. The second kappa shape index (κ2) is 11.0. The monoisotopic (exact) mass is 304 g/mol. The van der Waals surface area contributed by atoms with Gasteiger partial charge in [0.15, 0.2) is 5.78 Å². The number of rotatable bonds is 11. The van der Waals surface area contributed by atoms with Gasteiger partial charge in [0, 0.05) is 18.4 Å². The summed E-state index contributed by atoms with van der Waals surface area (Å²) in [6.45, 7) is 2.22. The van der Waals surface area contributed by atoms with Crippen LogP contribution in [0, 0.1) is 0 Å². The van der Waals surface area contributed by atoms with E-state index < -0.39 is 0 Å². The highest BCUT2D eigenvalue weighted by Gasteiger charge is 2.07. The Morgan fingerprint density at radius 2 is 1.59 bits per heavy atom. The second-order valence-corrected chi connectivity index (χ2v) is 5.71. The van der Waals surface area contributed by atoms with Crippen molar-refractivity contribution in [3.63, 3.8) is 0 Å². The van der Waals surface area contributed by atoms with Crippen molar-refractivity contribution in [2.75, 3.05) is 7.11 Å². The summed E-state index contributed by atoms with van der Waals surface area (Å²) in [7, 11) is 1.37. The average Bonchev–Trinajstić information content (AvgIpc) is 2.55. The van der Waals surface area contributed by atoms with Crippen LogP contribution in [0.5, 0.6) is 0 Å². The van der Waals surface area contributed by atoms with Crippen LogP contribution in [0.4, 0.5) is 0 Å². The number of esters is 1. The first-order valence-electron chi connectivity index (χ1n) is 8.36. The Balaban J connectivity index is 2.31. The van der Waals surface area contributed by atoms with Gasteiger partial charge in [-0.05, 0) is 24.8 Å². The Bertz CT molecular complexity index is 448. The number of methoxy groups -OCH3 is 1. The first-order valence-corrected chi connectivity index (χ1v) is 8.36. The highest BCUT2D eigenvalue weighted by atomic mass is 16.5. The minimum Gasteiger partial charge on any atom is -0.469 e. The van der Waals surface area contributed by atoms with E-state index in [4.69, 9.17) is 0 Å². The van der Waals surface area contributed by atoms with Crippen LogP contribution < -0.4 is 0 Å². The zero-order chi connectivity index (χ0) is 16.2. The van der Waals surface area contributed by atoms with Gasteiger partial charge in [-0.25, -0.2) is 0 Å². The maximum Gasteiger partial charge on any atom is 0.305 e. The van der Waals surface area contributed by atoms with Crippen LogP contribution in [0.1, 0.15) is 74.2 Å². The van der Waals surface area contributed by atoms with Gasteiger partial charge < -0.3 is 4.74 Å². The minimum atomic E-state index is -0.258. The molecule has 3 nitrogen and oxygen atoms in total. The number of ether oxygens (including phenoxy) is 1. The summed E-state index contributed by atoms with van der Waals surface area (Å²) in [5.74, 6) is -0.162. The second-order valence-electron chi connectivity index (χ2n) is 5.71. The normalized spacial score (nSPS) is 10.5. The Labute approximate surface area is 134 Å². The highest BCUT2D eigenvalue weighted by molar-refractivity contribution is 5.96. The predicted octanol–water partition coefficient (Wildman–Crippen LogP) is 4.73. The van der Waals surface area contributed by atoms with Gasteiger partial charge in [-0.1, -0.05) is 56.9 Å². The quantitative estimate of drug-likeness (QED) is 0.337. The molecule has 1 aromatic rings. The number of unbranched alkanes of at least 4 members (excludes halogenated alkanes) is 4. The maximum atomic E-state index is 12.0. The third-order valence-electron chi connectivity index (χ3n) is 3.86. The topological polar surface area (TPSA) is 43.4 Å². The van der Waals surface area contributed by atoms with E-state index >= 15 is 0 Å². The summed E-state index contributed by atoms with van der Waals surface area (Å²) in [5, 5.41) is 0. The standard InChI is InChI=1S/C19H28O3/c1-3-4-5-6-7-9-16-12-14-17(15-13-16)18(20)10-8-11-19(21)22-2/h12-15H,3-11H2,1-2H3. The smallest absolute Gasteiger partial charge is 0.305 e. The molecule has 0 aromatic heterocycles. The van der Waals surface area contributed by atoms with Crippen molar-refractivity contribution in [3.05, 3.63) is 35.4 Å². The fourth-order valence-electron chi connectivity index (χ4n) is 2.43. The number of carbonyl (C=O) groups excluding carboxylic acids is 2. The van der Waals surface area contributed by atoms with Crippen molar-refractivity contribution >= 4 is 11.8 Å². The van der Waals surface area contributed by atoms with Crippen molar-refractivity contribution in [2.45, 2.75) is 64.7 Å². The molecular weight excluding hydrogens is 276 g/mol. The van der Waals surface area contributed by atoms with Gasteiger partial charge in [-0.2, -0.15) is 0 Å². The number of benzene rings is 1. The van der Waals surface area contributed by atoms with E-state index in [1.165, 1.54) is 44.8 Å². The van der Waals surface area contributed by atoms with E-state index in [1.54, 1.807) is 0 Å². The number of hydrogen-bond donors (Lipinski definition) is 0. The van der Waals surface area contributed by atoms with Crippen LogP contribution in [-0.2, 0) is 16.0 Å². The molecule has 0 fully saturated rings. The van der Waals surface area contributed by atoms with Crippen molar-refractivity contribution < 1.29 is 14.3 Å². The van der Waals surface area contributed by atoms with Crippen LogP contribution in [0.3, 0.4) is 0 Å². The van der Waals surface area contributed by atoms with Gasteiger partial charge in [0.1, 0.15) is 0 Å². The van der Waals surface area contributed by atoms with Crippen molar-refractivity contribution in [1.29, 1.82) is 0 Å². The molecule has 0 aliphatic heterocycles. The average molecular weight is 304 g/mol. The molecule has 0 heterocycles. The molecule has 0 saturated carbocycles. The van der Waals surface area contributed by atoms with Crippen molar-refractivity contribution in [2.24, 2.45) is 0 Å². The maximum absolute atomic E-state index is 12.0. The number of Topliss-reactive ketones (excluding diaryl/α,β-unsaturated/α-hetero) is 1. The SMILES string of the molecule is CCCCCCCc1ccc(C(=O)CCCC(=O)OC)cc1. The van der Waals surface area contributed by atoms with Gasteiger partial charge in [-0.3, -0.25) is 9.59 Å². The molecule has 22 heavy (non-hydrogen) atoms. The molecule has 0 saturated heterocycles. The molecular formula is C19H28O3. The van der Waals surface area contributed by atoms with Crippen LogP contribution in [-0.4, -0.2) is 18.9 Å². The molecule has 0 atom stereocenters. The van der Waals surface area contributed by atoms with E-state index in [1.807, 2.05) is 24.3 Å². The fraction of sp³-hybridized carbons (Fsp3) is 0.579. The molecule has 1 rings (SSSR count). The van der Waals surface area contributed by atoms with E-state index in [9.17, 15) is 9.59 Å². The van der Waals surface area contributed by atoms with Crippen molar-refractivity contribution in [1.82, 2.24) is 0 Å². The molecule has 122 valence electrons. The lowest BCUT2D eigenvalue weighted by Gasteiger charge is -2.04. The molecule has 3 heteroatoms. The first kappa shape index (κ1) is 18.4. The summed E-state index contributed by atoms with van der Waals surface area (Å²) in [6.07, 6.45) is 8.72. The zero-order valence-electron chi connectivity index (χ0n) is 13.9. The van der Waals surface area contributed by atoms with Crippen LogP contribution >= 0.6 is 0 Å². The zero-order valence-corrected chi connectivity index (χ0v) is 13.9. The lowest BCUT2D eigenvalue weighted by atomic mass is 10.0. The Kier molecular flexibility index (Phi) is 9.20. The van der Waals surface area contributed by atoms with E-state index in [2.05, 4.69) is 11.7 Å². The molecule has 0 bridgehead atoms. The van der Waals surface area contributed by atoms with Gasteiger partial charge >= 0.3 is 5.97 Å². The first-order chi connectivity index (χ1) is 10.7. The van der Waals surface area contributed by atoms with E-state index in [0.29, 0.717) is 19.3 Å². The van der Waals surface area contributed by atoms with Gasteiger partial charge in [0.2, 0.25) is 0 Å². The summed E-state index contributed by atoms with van der Waals surface area (Å²) in [5.41, 5.74) is 2.03. The Morgan fingerprint density at radius 3 is 2.23 bits per heavy atom. The largest absolute Gasteiger partial charge is 0.469 e. The molecule has 0 spiro atoms. The van der Waals surface area contributed by atoms with Gasteiger partial charge in [0.25, 0.3) is 0 Å². The third-order valence-corrected chi connectivity index (χ3v) is 3.86. The molecule has 0 amide bonds. The van der Waals surface area contributed by atoms with Gasteiger partial charge in [0.05, 0.1) is 7.11 Å². The van der Waals surface area contributed by atoms with E-state index in [-0.39, 0.29) is 11.8 Å². The molecule has 0 N–H and O–H groups in total. The van der Waals surface area contributed by atoms with Crippen LogP contribution in [0.15, 0.2) is 24.3 Å². The molecule has 0 radical (unpaired) electrons. The number of aryl methyl sites for hydroxylation is 1. The molecule has 0 unspecified atom stereocenters. The Hall–Kier alpha value is -1.64. The highest BCUT2D eigenvalue weighted by Crippen LogP contribution is 2.12. The van der Waals surface area contributed by atoms with Crippen molar-refractivity contribution in [3.8, 4) is 0 Å². The lowest BCUT2D eigenvalue weighted by molar-refractivity contribution is -0.140. The predicted molar refractivity (Wildman–Crippen MR) is 89.1 cm³/mol. The summed E-state index contributed by atoms with van der Waals surface area (Å²) in [6, 6.07) is 7.91. The molecule has 0 aliphatic carbocycles. The van der Waals surface area contributed by atoms with E-state index in [0.717, 1.165) is 12.0 Å². The lowest BCUT2D eigenvalue weighted by Crippen LogP contribution is -2.03. The fourth-order valence-corrected chi connectivity index (χ4v) is 2.43. The number of hydrogen-bond acceptors (Lipinski definition) is 3.